The summed E-state index contributed by atoms with van der Waals surface area (Å²) in [5.41, 5.74) is 7.16. The molecule has 7 heteroatoms. The van der Waals surface area contributed by atoms with Gasteiger partial charge in [0.15, 0.2) is 5.82 Å². The first-order valence-electron chi connectivity index (χ1n) is 6.97. The van der Waals surface area contributed by atoms with Crippen LogP contribution in [0.5, 0.6) is 0 Å². The number of nitrogen functional groups attached to an aromatic ring is 1. The molecule has 2 N–H and O–H groups in total. The number of ether oxygens (including phenoxy) is 1. The molecule has 0 aliphatic rings. The number of nitrogens with two attached hydrogens (primary N) is 1. The normalized spacial score (nSPS) is 11.2. The van der Waals surface area contributed by atoms with Gasteiger partial charge in [-0.3, -0.25) is 0 Å². The number of anilines is 1. The van der Waals surface area contributed by atoms with Gasteiger partial charge in [0.25, 0.3) is 0 Å². The van der Waals surface area contributed by atoms with Gasteiger partial charge in [-0.15, -0.1) is 5.10 Å². The smallest absolute Gasteiger partial charge is 0.182 e. The molecule has 0 aliphatic carbocycles. The molecular formula is C14H20ClN5O. The molecule has 0 radical (unpaired) electrons. The topological polar surface area (TPSA) is 78.8 Å². The van der Waals surface area contributed by atoms with Crippen LogP contribution in [0.3, 0.4) is 0 Å². The van der Waals surface area contributed by atoms with Gasteiger partial charge in [0.05, 0.1) is 23.9 Å². The van der Waals surface area contributed by atoms with E-state index in [0.29, 0.717) is 35.6 Å². The quantitative estimate of drug-likeness (QED) is 0.628. The second kappa shape index (κ2) is 7.38. The Morgan fingerprint density at radius 3 is 2.86 bits per heavy atom. The lowest BCUT2D eigenvalue weighted by molar-refractivity contribution is 0.114. The van der Waals surface area contributed by atoms with Gasteiger partial charge in [0.2, 0.25) is 0 Å². The van der Waals surface area contributed by atoms with Crippen molar-refractivity contribution >= 4 is 17.3 Å². The Labute approximate surface area is 129 Å². The van der Waals surface area contributed by atoms with Crippen LogP contribution in [0.2, 0.25) is 5.02 Å². The van der Waals surface area contributed by atoms with Gasteiger partial charge in [0.1, 0.15) is 0 Å². The SMILES string of the molecule is CC(C)CCOCCn1nnnc1-c1ccc(Cl)c(N)c1. The van der Waals surface area contributed by atoms with Crippen molar-refractivity contribution < 1.29 is 4.74 Å². The zero-order valence-corrected chi connectivity index (χ0v) is 13.0. The highest BCUT2D eigenvalue weighted by Crippen LogP contribution is 2.24. The fourth-order valence-electron chi connectivity index (χ4n) is 1.82. The van der Waals surface area contributed by atoms with E-state index >= 15 is 0 Å². The van der Waals surface area contributed by atoms with Crippen molar-refractivity contribution in [2.75, 3.05) is 18.9 Å². The second-order valence-corrected chi connectivity index (χ2v) is 5.66. The highest BCUT2D eigenvalue weighted by Gasteiger charge is 2.10. The van der Waals surface area contributed by atoms with E-state index in [9.17, 15) is 0 Å². The minimum Gasteiger partial charge on any atom is -0.398 e. The number of hydrogen-bond donors (Lipinski definition) is 1. The van der Waals surface area contributed by atoms with Crippen LogP contribution in [0.1, 0.15) is 20.3 Å². The average Bonchev–Trinajstić information content (AvgIpc) is 2.89. The van der Waals surface area contributed by atoms with Crippen LogP contribution in [-0.2, 0) is 11.3 Å². The molecule has 0 amide bonds. The number of halogens is 1. The molecule has 0 fully saturated rings. The monoisotopic (exact) mass is 309 g/mol. The molecule has 0 aliphatic heterocycles. The summed E-state index contributed by atoms with van der Waals surface area (Å²) >= 11 is 5.92. The lowest BCUT2D eigenvalue weighted by Crippen LogP contribution is -2.10. The molecule has 1 aromatic carbocycles. The predicted molar refractivity (Wildman–Crippen MR) is 82.9 cm³/mol. The Kier molecular flexibility index (Phi) is 5.52. The third-order valence-electron chi connectivity index (χ3n) is 3.07. The average molecular weight is 310 g/mol. The molecule has 0 unspecified atom stereocenters. The molecule has 0 saturated heterocycles. The van der Waals surface area contributed by atoms with Gasteiger partial charge < -0.3 is 10.5 Å². The zero-order chi connectivity index (χ0) is 15.2. The molecular weight excluding hydrogens is 290 g/mol. The number of rotatable bonds is 7. The maximum absolute atomic E-state index is 5.92. The summed E-state index contributed by atoms with van der Waals surface area (Å²) in [4.78, 5) is 0. The summed E-state index contributed by atoms with van der Waals surface area (Å²) in [6, 6.07) is 5.36. The summed E-state index contributed by atoms with van der Waals surface area (Å²) in [6.07, 6.45) is 1.05. The number of aromatic nitrogens is 4. The molecule has 1 aromatic heterocycles. The van der Waals surface area contributed by atoms with Crippen molar-refractivity contribution in [2.24, 2.45) is 5.92 Å². The van der Waals surface area contributed by atoms with Crippen LogP contribution in [-0.4, -0.2) is 33.4 Å². The first-order chi connectivity index (χ1) is 10.1. The number of hydrogen-bond acceptors (Lipinski definition) is 5. The molecule has 6 nitrogen and oxygen atoms in total. The molecule has 21 heavy (non-hydrogen) atoms. The van der Waals surface area contributed by atoms with E-state index in [1.807, 2.05) is 6.07 Å². The minimum atomic E-state index is 0.511. The van der Waals surface area contributed by atoms with E-state index in [2.05, 4.69) is 29.4 Å². The van der Waals surface area contributed by atoms with Crippen molar-refractivity contribution in [1.29, 1.82) is 0 Å². The highest BCUT2D eigenvalue weighted by molar-refractivity contribution is 6.33. The molecule has 0 atom stereocenters. The summed E-state index contributed by atoms with van der Waals surface area (Å²) < 4.78 is 7.30. The molecule has 2 rings (SSSR count). The van der Waals surface area contributed by atoms with Gasteiger partial charge in [-0.2, -0.15) is 0 Å². The molecule has 2 aromatic rings. The van der Waals surface area contributed by atoms with Crippen molar-refractivity contribution in [3.05, 3.63) is 23.2 Å². The maximum atomic E-state index is 5.92. The number of nitrogens with zero attached hydrogens (tertiary/aromatic N) is 4. The molecule has 1 heterocycles. The van der Waals surface area contributed by atoms with Gasteiger partial charge in [-0.05, 0) is 41.0 Å². The summed E-state index contributed by atoms with van der Waals surface area (Å²) in [5, 5.41) is 12.2. The van der Waals surface area contributed by atoms with E-state index in [1.54, 1.807) is 16.8 Å². The molecule has 0 spiro atoms. The van der Waals surface area contributed by atoms with Crippen LogP contribution in [0.15, 0.2) is 18.2 Å². The largest absolute Gasteiger partial charge is 0.398 e. The lowest BCUT2D eigenvalue weighted by Gasteiger charge is -2.08. The molecule has 0 saturated carbocycles. The summed E-state index contributed by atoms with van der Waals surface area (Å²) in [5.74, 6) is 1.30. The minimum absolute atomic E-state index is 0.511. The van der Waals surface area contributed by atoms with E-state index < -0.39 is 0 Å². The van der Waals surface area contributed by atoms with E-state index in [-0.39, 0.29) is 0 Å². The van der Waals surface area contributed by atoms with E-state index in [0.717, 1.165) is 18.6 Å². The summed E-state index contributed by atoms with van der Waals surface area (Å²) in [6.45, 7) is 6.28. The lowest BCUT2D eigenvalue weighted by atomic mass is 10.1. The van der Waals surface area contributed by atoms with Crippen LogP contribution in [0.4, 0.5) is 5.69 Å². The van der Waals surface area contributed by atoms with Gasteiger partial charge in [-0.1, -0.05) is 25.4 Å². The first-order valence-corrected chi connectivity index (χ1v) is 7.35. The molecule has 114 valence electrons. The fraction of sp³-hybridized carbons (Fsp3) is 0.500. The molecule has 0 bridgehead atoms. The third kappa shape index (κ3) is 4.41. The second-order valence-electron chi connectivity index (χ2n) is 5.26. The van der Waals surface area contributed by atoms with Crippen LogP contribution >= 0.6 is 11.6 Å². The Bertz CT molecular complexity index is 584. The Hall–Kier alpha value is -1.66. The van der Waals surface area contributed by atoms with Crippen molar-refractivity contribution in [3.63, 3.8) is 0 Å². The first kappa shape index (κ1) is 15.7. The third-order valence-corrected chi connectivity index (χ3v) is 3.42. The number of tetrazole rings is 1. The standard InChI is InChI=1S/C14H20ClN5O/c1-10(2)5-7-21-8-6-20-14(17-18-19-20)11-3-4-12(15)13(16)9-11/h3-4,9-10H,5-8,16H2,1-2H3. The van der Waals surface area contributed by atoms with Gasteiger partial charge >= 0.3 is 0 Å². The van der Waals surface area contributed by atoms with Crippen LogP contribution in [0, 0.1) is 5.92 Å². The maximum Gasteiger partial charge on any atom is 0.182 e. The van der Waals surface area contributed by atoms with Crippen molar-refractivity contribution in [2.45, 2.75) is 26.8 Å². The van der Waals surface area contributed by atoms with Gasteiger partial charge in [-0.25, -0.2) is 4.68 Å². The van der Waals surface area contributed by atoms with E-state index in [1.165, 1.54) is 0 Å². The zero-order valence-electron chi connectivity index (χ0n) is 12.3. The fourth-order valence-corrected chi connectivity index (χ4v) is 1.93. The predicted octanol–water partition coefficient (Wildman–Crippen LogP) is 2.64. The van der Waals surface area contributed by atoms with Gasteiger partial charge in [0, 0.05) is 12.2 Å². The highest BCUT2D eigenvalue weighted by atomic mass is 35.5. The van der Waals surface area contributed by atoms with Crippen LogP contribution in [0.25, 0.3) is 11.4 Å². The Balaban J connectivity index is 1.96. The summed E-state index contributed by atoms with van der Waals surface area (Å²) in [7, 11) is 0. The Morgan fingerprint density at radius 2 is 2.14 bits per heavy atom. The Morgan fingerprint density at radius 1 is 1.33 bits per heavy atom. The van der Waals surface area contributed by atoms with Crippen molar-refractivity contribution in [1.82, 2.24) is 20.2 Å². The van der Waals surface area contributed by atoms with Crippen LogP contribution < -0.4 is 5.73 Å². The van der Waals surface area contributed by atoms with E-state index in [4.69, 9.17) is 22.1 Å². The van der Waals surface area contributed by atoms with Crippen molar-refractivity contribution in [3.8, 4) is 11.4 Å². The number of benzene rings is 1.